The molecule has 112 valence electrons. The van der Waals surface area contributed by atoms with Crippen LogP contribution in [-0.4, -0.2) is 41.1 Å². The van der Waals surface area contributed by atoms with Crippen LogP contribution in [0.4, 0.5) is 0 Å². The Hall–Kier alpha value is -1.36. The van der Waals surface area contributed by atoms with Gasteiger partial charge >= 0.3 is 0 Å². The highest BCUT2D eigenvalue weighted by molar-refractivity contribution is 6.35. The van der Waals surface area contributed by atoms with Gasteiger partial charge in [0.05, 0.1) is 17.8 Å². The van der Waals surface area contributed by atoms with E-state index in [1.54, 1.807) is 16.8 Å². The highest BCUT2D eigenvalue weighted by atomic mass is 35.5. The molecule has 1 heterocycles. The van der Waals surface area contributed by atoms with Gasteiger partial charge in [0.15, 0.2) is 0 Å². The van der Waals surface area contributed by atoms with Crippen LogP contribution in [0.5, 0.6) is 0 Å². The zero-order chi connectivity index (χ0) is 15.6. The number of carbonyl (C=O) groups is 1. The minimum Gasteiger partial charge on any atom is -0.308 e. The second-order valence-corrected chi connectivity index (χ2v) is 5.98. The molecule has 2 rings (SSSR count). The van der Waals surface area contributed by atoms with Gasteiger partial charge in [-0.3, -0.25) is 9.48 Å². The fourth-order valence-corrected chi connectivity index (χ4v) is 2.33. The second kappa shape index (κ2) is 6.60. The summed E-state index contributed by atoms with van der Waals surface area (Å²) in [5.74, 6) is -0.168. The molecule has 0 unspecified atom stereocenters. The molecule has 0 aliphatic carbocycles. The molecular formula is C15H17Cl2N3O. The quantitative estimate of drug-likeness (QED) is 0.792. The van der Waals surface area contributed by atoms with Gasteiger partial charge in [0, 0.05) is 17.1 Å². The first-order valence-corrected chi connectivity index (χ1v) is 7.32. The van der Waals surface area contributed by atoms with E-state index >= 15 is 0 Å². The van der Waals surface area contributed by atoms with Gasteiger partial charge in [0.25, 0.3) is 0 Å². The maximum atomic E-state index is 12.6. The second-order valence-electron chi connectivity index (χ2n) is 5.16. The molecule has 0 atom stereocenters. The molecule has 21 heavy (non-hydrogen) atoms. The van der Waals surface area contributed by atoms with Crippen LogP contribution in [0.3, 0.4) is 0 Å². The normalized spacial score (nSPS) is 11.1. The summed E-state index contributed by atoms with van der Waals surface area (Å²) in [6.07, 6.45) is 1.50. The van der Waals surface area contributed by atoms with Crippen molar-refractivity contribution < 1.29 is 4.79 Å². The third kappa shape index (κ3) is 3.64. The van der Waals surface area contributed by atoms with Crippen LogP contribution in [0.1, 0.15) is 21.6 Å². The molecule has 0 fully saturated rings. The predicted octanol–water partition coefficient (Wildman–Crippen LogP) is 3.29. The molecule has 1 aromatic heterocycles. The van der Waals surface area contributed by atoms with E-state index in [2.05, 4.69) is 5.10 Å². The molecule has 0 spiro atoms. The van der Waals surface area contributed by atoms with Gasteiger partial charge in [-0.2, -0.15) is 5.10 Å². The number of hydrogen-bond donors (Lipinski definition) is 0. The van der Waals surface area contributed by atoms with Gasteiger partial charge in [0.1, 0.15) is 5.69 Å². The zero-order valence-corrected chi connectivity index (χ0v) is 13.7. The maximum absolute atomic E-state index is 12.6. The summed E-state index contributed by atoms with van der Waals surface area (Å²) in [5.41, 5.74) is 1.85. The number of halogens is 2. The number of aromatic nitrogens is 2. The lowest BCUT2D eigenvalue weighted by molar-refractivity contribution is 0.102. The van der Waals surface area contributed by atoms with Crippen LogP contribution < -0.4 is 0 Å². The minimum atomic E-state index is -0.168. The first-order chi connectivity index (χ1) is 9.90. The molecule has 1 aromatic carbocycles. The van der Waals surface area contributed by atoms with Crippen molar-refractivity contribution in [2.24, 2.45) is 0 Å². The highest BCUT2D eigenvalue weighted by Gasteiger charge is 2.19. The number of rotatable bonds is 5. The van der Waals surface area contributed by atoms with Gasteiger partial charge in [-0.05, 0) is 32.6 Å². The SMILES string of the molecule is Cc1ccc(C(=O)c2c(Cl)cnn2CCN(C)C)cc1Cl. The van der Waals surface area contributed by atoms with Crippen molar-refractivity contribution in [3.8, 4) is 0 Å². The van der Waals surface area contributed by atoms with E-state index in [4.69, 9.17) is 23.2 Å². The van der Waals surface area contributed by atoms with Crippen LogP contribution in [-0.2, 0) is 6.54 Å². The fraction of sp³-hybridized carbons (Fsp3) is 0.333. The van der Waals surface area contributed by atoms with E-state index in [1.165, 1.54) is 6.20 Å². The first kappa shape index (κ1) is 16.0. The minimum absolute atomic E-state index is 0.168. The van der Waals surface area contributed by atoms with Crippen LogP contribution in [0.25, 0.3) is 0 Å². The molecule has 0 bridgehead atoms. The number of ketones is 1. The number of aryl methyl sites for hydroxylation is 1. The largest absolute Gasteiger partial charge is 0.308 e. The van der Waals surface area contributed by atoms with E-state index in [0.717, 1.165) is 12.1 Å². The van der Waals surface area contributed by atoms with E-state index in [9.17, 15) is 4.79 Å². The number of hydrogen-bond acceptors (Lipinski definition) is 3. The molecule has 0 amide bonds. The van der Waals surface area contributed by atoms with Gasteiger partial charge in [-0.1, -0.05) is 35.3 Å². The number of carbonyl (C=O) groups excluding carboxylic acids is 1. The van der Waals surface area contributed by atoms with Gasteiger partial charge in [0.2, 0.25) is 5.78 Å². The number of nitrogens with zero attached hydrogens (tertiary/aromatic N) is 3. The molecule has 0 saturated carbocycles. The zero-order valence-electron chi connectivity index (χ0n) is 12.2. The van der Waals surface area contributed by atoms with Crippen molar-refractivity contribution in [1.82, 2.24) is 14.7 Å². The van der Waals surface area contributed by atoms with Gasteiger partial charge in [-0.15, -0.1) is 0 Å². The van der Waals surface area contributed by atoms with E-state index in [-0.39, 0.29) is 5.78 Å². The molecule has 0 aliphatic rings. The van der Waals surface area contributed by atoms with Gasteiger partial charge < -0.3 is 4.90 Å². The highest BCUT2D eigenvalue weighted by Crippen LogP contribution is 2.22. The Morgan fingerprint density at radius 1 is 1.29 bits per heavy atom. The standard InChI is InChI=1S/C15H17Cl2N3O/c1-10-4-5-11(8-12(10)16)15(21)14-13(17)9-18-20(14)7-6-19(2)3/h4-5,8-9H,6-7H2,1-3H3. The first-order valence-electron chi connectivity index (χ1n) is 6.57. The Morgan fingerprint density at radius 3 is 2.62 bits per heavy atom. The molecule has 6 heteroatoms. The van der Waals surface area contributed by atoms with Crippen molar-refractivity contribution in [3.63, 3.8) is 0 Å². The lowest BCUT2D eigenvalue weighted by atomic mass is 10.1. The molecule has 0 saturated heterocycles. The van der Waals surface area contributed by atoms with Gasteiger partial charge in [-0.25, -0.2) is 0 Å². The van der Waals surface area contributed by atoms with Crippen LogP contribution in [0.2, 0.25) is 10.0 Å². The molecule has 4 nitrogen and oxygen atoms in total. The third-order valence-corrected chi connectivity index (χ3v) is 3.89. The molecule has 0 radical (unpaired) electrons. The Bertz CT molecular complexity index is 665. The summed E-state index contributed by atoms with van der Waals surface area (Å²) < 4.78 is 1.64. The van der Waals surface area contributed by atoms with Crippen molar-refractivity contribution in [3.05, 3.63) is 51.3 Å². The lowest BCUT2D eigenvalue weighted by Gasteiger charge is -2.12. The van der Waals surface area contributed by atoms with Crippen molar-refractivity contribution in [1.29, 1.82) is 0 Å². The monoisotopic (exact) mass is 325 g/mol. The predicted molar refractivity (Wildman–Crippen MR) is 85.4 cm³/mol. The smallest absolute Gasteiger partial charge is 0.212 e. The Morgan fingerprint density at radius 2 is 2.00 bits per heavy atom. The fourth-order valence-electron chi connectivity index (χ4n) is 1.92. The number of benzene rings is 1. The average molecular weight is 326 g/mol. The Kier molecular flexibility index (Phi) is 5.04. The van der Waals surface area contributed by atoms with Crippen LogP contribution in [0.15, 0.2) is 24.4 Å². The Labute approximate surface area is 134 Å². The van der Waals surface area contributed by atoms with Crippen molar-refractivity contribution in [2.75, 3.05) is 20.6 Å². The molecule has 0 aliphatic heterocycles. The lowest BCUT2D eigenvalue weighted by Crippen LogP contribution is -2.21. The van der Waals surface area contributed by atoms with Crippen LogP contribution >= 0.6 is 23.2 Å². The molecule has 2 aromatic rings. The summed E-state index contributed by atoms with van der Waals surface area (Å²) in [7, 11) is 3.93. The Balaban J connectivity index is 2.34. The maximum Gasteiger partial charge on any atom is 0.212 e. The summed E-state index contributed by atoms with van der Waals surface area (Å²) in [6.45, 7) is 3.26. The molecular weight excluding hydrogens is 309 g/mol. The van der Waals surface area contributed by atoms with Crippen molar-refractivity contribution in [2.45, 2.75) is 13.5 Å². The topological polar surface area (TPSA) is 38.1 Å². The molecule has 0 N–H and O–H groups in total. The van der Waals surface area contributed by atoms with E-state index in [1.807, 2.05) is 32.0 Å². The number of likely N-dealkylation sites (N-methyl/N-ethyl adjacent to an activating group) is 1. The summed E-state index contributed by atoms with van der Waals surface area (Å²) in [6, 6.07) is 5.24. The van der Waals surface area contributed by atoms with E-state index < -0.39 is 0 Å². The van der Waals surface area contributed by atoms with Crippen molar-refractivity contribution >= 4 is 29.0 Å². The van der Waals surface area contributed by atoms with E-state index in [0.29, 0.717) is 27.8 Å². The summed E-state index contributed by atoms with van der Waals surface area (Å²) in [5, 5.41) is 5.10. The third-order valence-electron chi connectivity index (χ3n) is 3.20. The summed E-state index contributed by atoms with van der Waals surface area (Å²) in [4.78, 5) is 14.7. The van der Waals surface area contributed by atoms with Crippen LogP contribution in [0, 0.1) is 6.92 Å². The summed E-state index contributed by atoms with van der Waals surface area (Å²) >= 11 is 12.2. The average Bonchev–Trinajstić information content (AvgIpc) is 2.80.